The second-order valence-electron chi connectivity index (χ2n) is 9.58. The van der Waals surface area contributed by atoms with Gasteiger partial charge in [-0.1, -0.05) is 48.1 Å². The summed E-state index contributed by atoms with van der Waals surface area (Å²) in [4.78, 5) is 25.4. The van der Waals surface area contributed by atoms with E-state index in [2.05, 4.69) is 15.0 Å². The number of benzene rings is 2. The highest BCUT2D eigenvalue weighted by Crippen LogP contribution is 2.33. The molecule has 4 aromatic rings. The monoisotopic (exact) mass is 657 g/mol. The van der Waals surface area contributed by atoms with Crippen molar-refractivity contribution in [2.45, 2.75) is 42.9 Å². The Bertz CT molecular complexity index is 1670. The van der Waals surface area contributed by atoms with Crippen LogP contribution in [0.1, 0.15) is 30.0 Å². The van der Waals surface area contributed by atoms with Gasteiger partial charge in [-0.15, -0.1) is 6.54 Å². The number of carboxylic acids is 1. The van der Waals surface area contributed by atoms with E-state index in [0.29, 0.717) is 27.6 Å². The lowest BCUT2D eigenvalue weighted by Gasteiger charge is -2.38. The summed E-state index contributed by atoms with van der Waals surface area (Å²) in [6, 6.07) is 7.46. The van der Waals surface area contributed by atoms with E-state index in [9.17, 15) is 40.3 Å². The van der Waals surface area contributed by atoms with Crippen LogP contribution in [0.25, 0.3) is 16.1 Å². The van der Waals surface area contributed by atoms with Gasteiger partial charge < -0.3 is 15.7 Å². The van der Waals surface area contributed by atoms with Gasteiger partial charge in [-0.3, -0.25) is 4.79 Å². The summed E-state index contributed by atoms with van der Waals surface area (Å²) >= 11 is 1.25. The van der Waals surface area contributed by atoms with Crippen molar-refractivity contribution < 1.29 is 40.3 Å². The molecular weight excluding hydrogens is 631 g/mol. The highest BCUT2D eigenvalue weighted by molar-refractivity contribution is 7.89. The summed E-state index contributed by atoms with van der Waals surface area (Å²) in [5, 5.41) is 10.1. The molecule has 17 heteroatoms. The maximum Gasteiger partial charge on any atom is 0.416 e. The number of fused-ring (bicyclic) bond motifs is 1. The van der Waals surface area contributed by atoms with E-state index in [1.54, 1.807) is 23.2 Å². The van der Waals surface area contributed by atoms with Gasteiger partial charge in [-0.05, 0) is 24.3 Å². The van der Waals surface area contributed by atoms with Crippen LogP contribution in [0.4, 0.5) is 27.1 Å². The number of aliphatic carboxylic acids is 1. The number of thiazole rings is 1. The van der Waals surface area contributed by atoms with E-state index in [0.717, 1.165) is 22.0 Å². The number of aromatic nitrogens is 3. The molecule has 0 aliphatic carbocycles. The van der Waals surface area contributed by atoms with Crippen molar-refractivity contribution in [3.63, 3.8) is 0 Å². The summed E-state index contributed by atoms with van der Waals surface area (Å²) in [6.45, 7) is 1.39. The van der Waals surface area contributed by atoms with Crippen LogP contribution >= 0.6 is 11.3 Å². The summed E-state index contributed by atoms with van der Waals surface area (Å²) in [5.41, 5.74) is 7.27. The number of nitrogens with one attached hydrogen (secondary N) is 1. The molecule has 1 aliphatic rings. The molecule has 1 saturated heterocycles. The van der Waals surface area contributed by atoms with Gasteiger partial charge in [0.15, 0.2) is 10.8 Å². The normalized spacial score (nSPS) is 16.4. The standard InChI is InChI=1S/C17H14F3N5O4S2.C10H12F2N/c18-17(19,20)10-1-3-11(4-2-10)31(28,29)25-6-5-24(8-12(25)15(26)27)16-23-14-13(30-16)7-21-9-22-14;1-2-10(11,12)9-5-3-8(7-13)4-6-9/h1-4,7,9,12H,5-6,8H2,(H,26,27);3-6,13H,2,7H2,1H3/q;-1/t12-;/m1./s1. The van der Waals surface area contributed by atoms with Crippen LogP contribution in [0.3, 0.4) is 0 Å². The molecule has 44 heavy (non-hydrogen) atoms. The topological polar surface area (TPSA) is 140 Å². The lowest BCUT2D eigenvalue weighted by Crippen LogP contribution is -2.58. The van der Waals surface area contributed by atoms with Gasteiger partial charge in [-0.25, -0.2) is 27.2 Å². The molecule has 1 aliphatic heterocycles. The average Bonchev–Trinajstić information content (AvgIpc) is 3.45. The minimum Gasteiger partial charge on any atom is -0.674 e. The predicted octanol–water partition coefficient (Wildman–Crippen LogP) is 5.81. The van der Waals surface area contributed by atoms with E-state index in [4.69, 9.17) is 5.73 Å². The number of hydrogen-bond acceptors (Lipinski definition) is 8. The van der Waals surface area contributed by atoms with Crippen molar-refractivity contribution in [1.29, 1.82) is 0 Å². The molecule has 2 N–H and O–H groups in total. The Morgan fingerprint density at radius 1 is 1.05 bits per heavy atom. The zero-order valence-electron chi connectivity index (χ0n) is 23.0. The van der Waals surface area contributed by atoms with E-state index in [1.807, 2.05) is 0 Å². The number of halogens is 5. The number of carboxylic acid groups (broad SMARTS) is 1. The number of carbonyl (C=O) groups is 1. The van der Waals surface area contributed by atoms with Crippen LogP contribution in [-0.4, -0.2) is 64.4 Å². The van der Waals surface area contributed by atoms with Crippen molar-refractivity contribution in [1.82, 2.24) is 19.3 Å². The van der Waals surface area contributed by atoms with Crippen LogP contribution in [0.5, 0.6) is 0 Å². The van der Waals surface area contributed by atoms with Gasteiger partial charge in [0.05, 0.1) is 15.2 Å². The maximum absolute atomic E-state index is 13.1. The molecule has 1 atom stereocenters. The third-order valence-corrected chi connectivity index (χ3v) is 9.72. The number of rotatable bonds is 7. The van der Waals surface area contributed by atoms with Crippen molar-refractivity contribution in [3.8, 4) is 0 Å². The average molecular weight is 658 g/mol. The highest BCUT2D eigenvalue weighted by Gasteiger charge is 2.41. The third-order valence-electron chi connectivity index (χ3n) is 6.76. The summed E-state index contributed by atoms with van der Waals surface area (Å²) in [5.74, 6) is -4.11. The molecule has 236 valence electrons. The van der Waals surface area contributed by atoms with Gasteiger partial charge >= 0.3 is 12.1 Å². The molecule has 10 nitrogen and oxygen atoms in total. The number of sulfonamides is 1. The quantitative estimate of drug-likeness (QED) is 0.246. The Morgan fingerprint density at radius 2 is 1.68 bits per heavy atom. The summed E-state index contributed by atoms with van der Waals surface area (Å²) in [7, 11) is -4.33. The molecule has 0 bridgehead atoms. The molecule has 1 fully saturated rings. The Morgan fingerprint density at radius 3 is 2.23 bits per heavy atom. The van der Waals surface area contributed by atoms with Crippen LogP contribution in [-0.2, 0) is 33.5 Å². The van der Waals surface area contributed by atoms with Gasteiger partial charge in [0, 0.05) is 37.8 Å². The largest absolute Gasteiger partial charge is 0.674 e. The first kappa shape index (κ1) is 33.1. The van der Waals surface area contributed by atoms with Crippen molar-refractivity contribution >= 4 is 42.8 Å². The first-order valence-corrected chi connectivity index (χ1v) is 15.3. The second-order valence-corrected chi connectivity index (χ2v) is 12.5. The van der Waals surface area contributed by atoms with Crippen molar-refractivity contribution in [2.24, 2.45) is 0 Å². The Balaban J connectivity index is 0.000000285. The summed E-state index contributed by atoms with van der Waals surface area (Å²) in [6.07, 6.45) is -1.89. The van der Waals surface area contributed by atoms with Gasteiger partial charge in [0.25, 0.3) is 5.92 Å². The number of piperazine rings is 1. The molecule has 3 heterocycles. The molecule has 0 spiro atoms. The van der Waals surface area contributed by atoms with Gasteiger partial charge in [-0.2, -0.15) is 22.5 Å². The lowest BCUT2D eigenvalue weighted by molar-refractivity contribution is -0.141. The molecule has 0 amide bonds. The van der Waals surface area contributed by atoms with Gasteiger partial charge in [0.1, 0.15) is 12.4 Å². The third kappa shape index (κ3) is 7.28. The zero-order valence-corrected chi connectivity index (χ0v) is 24.6. The lowest BCUT2D eigenvalue weighted by atomic mass is 10.0. The van der Waals surface area contributed by atoms with Gasteiger partial charge in [0.2, 0.25) is 10.0 Å². The maximum atomic E-state index is 13.1. The number of anilines is 1. The Kier molecular flexibility index (Phi) is 9.82. The van der Waals surface area contributed by atoms with E-state index < -0.39 is 44.6 Å². The minimum atomic E-state index is -4.61. The van der Waals surface area contributed by atoms with Crippen LogP contribution < -0.4 is 4.90 Å². The fraction of sp³-hybridized carbons (Fsp3) is 0.333. The second kappa shape index (κ2) is 13.1. The first-order valence-electron chi connectivity index (χ1n) is 13.0. The van der Waals surface area contributed by atoms with E-state index in [-0.39, 0.29) is 38.2 Å². The summed E-state index contributed by atoms with van der Waals surface area (Å²) < 4.78 is 91.9. The van der Waals surface area contributed by atoms with Crippen LogP contribution in [0, 0.1) is 0 Å². The molecule has 5 rings (SSSR count). The molecular formula is C27H26F5N6O4S2-. The Hall–Kier alpha value is -3.80. The smallest absolute Gasteiger partial charge is 0.416 e. The minimum absolute atomic E-state index is 0.0344. The van der Waals surface area contributed by atoms with Crippen molar-refractivity contribution in [2.75, 3.05) is 24.5 Å². The molecule has 2 aromatic heterocycles. The van der Waals surface area contributed by atoms with Crippen LogP contribution in [0.2, 0.25) is 0 Å². The first-order chi connectivity index (χ1) is 20.7. The predicted molar refractivity (Wildman–Crippen MR) is 153 cm³/mol. The van der Waals surface area contributed by atoms with E-state index >= 15 is 0 Å². The molecule has 2 aromatic carbocycles. The Labute approximate surface area is 253 Å². The van der Waals surface area contributed by atoms with Crippen molar-refractivity contribution in [3.05, 3.63) is 83.5 Å². The van der Waals surface area contributed by atoms with Crippen LogP contribution in [0.15, 0.2) is 66.0 Å². The molecule has 0 radical (unpaired) electrons. The number of alkyl halides is 5. The fourth-order valence-corrected chi connectivity index (χ4v) is 6.76. The highest BCUT2D eigenvalue weighted by atomic mass is 32.2. The number of nitrogens with zero attached hydrogens (tertiary/aromatic N) is 5. The fourth-order valence-electron chi connectivity index (χ4n) is 4.26. The SMILES string of the molecule is CCC(F)(F)c1ccc(C[NH-])cc1.O=C(O)[C@H]1CN(c2nc3ncncc3s2)CCN1S(=O)(=O)c1ccc(C(F)(F)F)cc1. The van der Waals surface area contributed by atoms with E-state index in [1.165, 1.54) is 36.7 Å². The zero-order chi connectivity index (χ0) is 32.3. The molecule has 0 unspecified atom stereocenters. The number of hydrogen-bond donors (Lipinski definition) is 1. The molecule has 0 saturated carbocycles.